The van der Waals surface area contributed by atoms with Crippen molar-refractivity contribution in [2.24, 2.45) is 0 Å². The van der Waals surface area contributed by atoms with Crippen LogP contribution >= 0.6 is 0 Å². The van der Waals surface area contributed by atoms with E-state index in [2.05, 4.69) is 4.72 Å². The molecule has 0 amide bonds. The fraction of sp³-hybridized carbons (Fsp3) is 0.333. The van der Waals surface area contributed by atoms with E-state index in [9.17, 15) is 8.42 Å². The summed E-state index contributed by atoms with van der Waals surface area (Å²) in [4.78, 5) is 0. The van der Waals surface area contributed by atoms with Crippen molar-refractivity contribution in [3.8, 4) is 0 Å². The Kier molecular flexibility index (Phi) is 4.69. The van der Waals surface area contributed by atoms with Gasteiger partial charge in [0.1, 0.15) is 0 Å². The summed E-state index contributed by atoms with van der Waals surface area (Å²) in [5.74, 6) is -0.192. The van der Waals surface area contributed by atoms with E-state index < -0.39 is 10.0 Å². The first-order valence-electron chi connectivity index (χ1n) is 4.64. The Morgan fingerprint density at radius 1 is 1.31 bits per heavy atom. The molecule has 0 bridgehead atoms. The number of benzene rings is 1. The maximum atomic E-state index is 11.5. The third-order valence-electron chi connectivity index (χ3n) is 1.85. The van der Waals surface area contributed by atoms with Crippen molar-refractivity contribution in [1.82, 2.24) is 4.72 Å². The summed E-state index contributed by atoms with van der Waals surface area (Å²) in [5.41, 5.74) is 2.91. The first kappa shape index (κ1) is 12.9. The van der Waals surface area contributed by atoms with Crippen LogP contribution in [0, 0.1) is 0 Å². The molecule has 0 aliphatic carbocycles. The number of rotatable bonds is 6. The number of nitrogens with one attached hydrogen (secondary N) is 2. The summed E-state index contributed by atoms with van der Waals surface area (Å²) in [5, 5.41) is 17.2. The number of hydrogen-bond donors (Lipinski definition) is 4. The minimum Gasteiger partial charge on any atom is -0.395 e. The second-order valence-corrected chi connectivity index (χ2v) is 5.00. The second-order valence-electron chi connectivity index (χ2n) is 3.19. The van der Waals surface area contributed by atoms with Crippen LogP contribution in [-0.4, -0.2) is 31.9 Å². The Morgan fingerprint density at radius 3 is 2.69 bits per heavy atom. The molecule has 0 fully saturated rings. The van der Waals surface area contributed by atoms with Gasteiger partial charge >= 0.3 is 0 Å². The van der Waals surface area contributed by atoms with E-state index in [-0.39, 0.29) is 18.9 Å². The van der Waals surface area contributed by atoms with Crippen molar-refractivity contribution >= 4 is 15.7 Å². The molecule has 6 nitrogen and oxygen atoms in total. The normalized spacial score (nSPS) is 11.4. The summed E-state index contributed by atoms with van der Waals surface area (Å²) in [6.07, 6.45) is 0. The Morgan fingerprint density at radius 2 is 2.06 bits per heavy atom. The van der Waals surface area contributed by atoms with Crippen LogP contribution in [0.1, 0.15) is 5.56 Å². The van der Waals surface area contributed by atoms with Crippen LogP contribution in [0.25, 0.3) is 0 Å². The number of aliphatic hydroxyl groups is 1. The summed E-state index contributed by atoms with van der Waals surface area (Å²) in [6.45, 7) is -0.238. The van der Waals surface area contributed by atoms with Crippen LogP contribution in [0.2, 0.25) is 0 Å². The summed E-state index contributed by atoms with van der Waals surface area (Å²) in [6, 6.07) is 6.41. The standard InChI is InChI=1S/C9H14N2O4S/c12-5-4-10-16(14,15)7-8-2-1-3-9(6-8)11-13/h1-3,6,10-13H,4-5,7H2. The average molecular weight is 246 g/mol. The molecule has 1 aromatic rings. The fourth-order valence-corrected chi connectivity index (χ4v) is 2.32. The molecule has 16 heavy (non-hydrogen) atoms. The van der Waals surface area contributed by atoms with Gasteiger partial charge in [0.05, 0.1) is 18.0 Å². The largest absolute Gasteiger partial charge is 0.395 e. The SMILES string of the molecule is O=S(=O)(Cc1cccc(NO)c1)NCCO. The van der Waals surface area contributed by atoms with Crippen molar-refractivity contribution < 1.29 is 18.7 Å². The van der Waals surface area contributed by atoms with Crippen molar-refractivity contribution in [2.75, 3.05) is 18.6 Å². The molecule has 0 aromatic heterocycles. The fourth-order valence-electron chi connectivity index (χ4n) is 1.20. The zero-order chi connectivity index (χ0) is 12.0. The predicted molar refractivity (Wildman–Crippen MR) is 59.6 cm³/mol. The number of sulfonamides is 1. The van der Waals surface area contributed by atoms with Crippen LogP contribution in [-0.2, 0) is 15.8 Å². The van der Waals surface area contributed by atoms with Gasteiger partial charge in [-0.15, -0.1) is 0 Å². The number of hydrogen-bond acceptors (Lipinski definition) is 5. The minimum absolute atomic E-state index is 0.000272. The highest BCUT2D eigenvalue weighted by molar-refractivity contribution is 7.88. The van der Waals surface area contributed by atoms with E-state index >= 15 is 0 Å². The van der Waals surface area contributed by atoms with Gasteiger partial charge < -0.3 is 5.11 Å². The molecule has 4 N–H and O–H groups in total. The summed E-state index contributed by atoms with van der Waals surface area (Å²) in [7, 11) is -3.44. The highest BCUT2D eigenvalue weighted by Gasteiger charge is 2.10. The molecular formula is C9H14N2O4S. The van der Waals surface area contributed by atoms with Crippen LogP contribution in [0.3, 0.4) is 0 Å². The van der Waals surface area contributed by atoms with E-state index in [4.69, 9.17) is 10.3 Å². The first-order chi connectivity index (χ1) is 7.57. The Bertz CT molecular complexity index is 433. The maximum absolute atomic E-state index is 11.5. The van der Waals surface area contributed by atoms with Crippen LogP contribution in [0.4, 0.5) is 5.69 Å². The van der Waals surface area contributed by atoms with Gasteiger partial charge in [-0.2, -0.15) is 0 Å². The van der Waals surface area contributed by atoms with Gasteiger partial charge in [0.15, 0.2) is 0 Å². The highest BCUT2D eigenvalue weighted by atomic mass is 32.2. The molecule has 0 saturated carbocycles. The zero-order valence-electron chi connectivity index (χ0n) is 8.55. The summed E-state index contributed by atoms with van der Waals surface area (Å²) < 4.78 is 25.1. The third kappa shape index (κ3) is 4.15. The van der Waals surface area contributed by atoms with Crippen molar-refractivity contribution in [2.45, 2.75) is 5.75 Å². The van der Waals surface area contributed by atoms with Gasteiger partial charge in [0.25, 0.3) is 0 Å². The molecule has 1 aromatic carbocycles. The van der Waals surface area contributed by atoms with Crippen molar-refractivity contribution in [3.05, 3.63) is 29.8 Å². The maximum Gasteiger partial charge on any atom is 0.215 e. The second kappa shape index (κ2) is 5.80. The van der Waals surface area contributed by atoms with E-state index in [1.807, 2.05) is 5.48 Å². The molecule has 90 valence electrons. The van der Waals surface area contributed by atoms with E-state index in [1.54, 1.807) is 18.2 Å². The number of anilines is 1. The van der Waals surface area contributed by atoms with Crippen LogP contribution < -0.4 is 10.2 Å². The molecule has 0 heterocycles. The topological polar surface area (TPSA) is 98.7 Å². The Labute approximate surface area is 93.9 Å². The van der Waals surface area contributed by atoms with Gasteiger partial charge in [-0.25, -0.2) is 13.1 Å². The first-order valence-corrected chi connectivity index (χ1v) is 6.30. The van der Waals surface area contributed by atoms with Gasteiger partial charge in [0, 0.05) is 6.54 Å². The molecule has 0 aliphatic rings. The van der Waals surface area contributed by atoms with Crippen molar-refractivity contribution in [3.63, 3.8) is 0 Å². The lowest BCUT2D eigenvalue weighted by atomic mass is 10.2. The van der Waals surface area contributed by atoms with E-state index in [1.165, 1.54) is 6.07 Å². The lowest BCUT2D eigenvalue weighted by Crippen LogP contribution is -2.27. The van der Waals surface area contributed by atoms with E-state index in [0.29, 0.717) is 11.3 Å². The molecule has 0 atom stereocenters. The quantitative estimate of drug-likeness (QED) is 0.525. The molecule has 0 saturated heterocycles. The smallest absolute Gasteiger partial charge is 0.215 e. The molecule has 0 unspecified atom stereocenters. The van der Waals surface area contributed by atoms with Gasteiger partial charge in [-0.1, -0.05) is 12.1 Å². The lowest BCUT2D eigenvalue weighted by molar-refractivity contribution is 0.301. The van der Waals surface area contributed by atoms with E-state index in [0.717, 1.165) is 0 Å². The third-order valence-corrected chi connectivity index (χ3v) is 3.20. The predicted octanol–water partition coefficient (Wildman–Crippen LogP) is -0.101. The molecular weight excluding hydrogens is 232 g/mol. The van der Waals surface area contributed by atoms with Crippen LogP contribution in [0.5, 0.6) is 0 Å². The zero-order valence-corrected chi connectivity index (χ0v) is 9.37. The van der Waals surface area contributed by atoms with Crippen LogP contribution in [0.15, 0.2) is 24.3 Å². The average Bonchev–Trinajstić information content (AvgIpc) is 2.26. The van der Waals surface area contributed by atoms with Crippen molar-refractivity contribution in [1.29, 1.82) is 0 Å². The molecule has 0 spiro atoms. The monoisotopic (exact) mass is 246 g/mol. The Hall–Kier alpha value is -1.15. The van der Waals surface area contributed by atoms with Gasteiger partial charge in [-0.3, -0.25) is 10.7 Å². The van der Waals surface area contributed by atoms with Gasteiger partial charge in [-0.05, 0) is 17.7 Å². The summed E-state index contributed by atoms with van der Waals surface area (Å²) >= 11 is 0. The lowest BCUT2D eigenvalue weighted by Gasteiger charge is -2.06. The molecule has 7 heteroatoms. The molecule has 0 aliphatic heterocycles. The molecule has 0 radical (unpaired) electrons. The minimum atomic E-state index is -3.44. The van der Waals surface area contributed by atoms with Gasteiger partial charge in [0.2, 0.25) is 10.0 Å². The number of aliphatic hydroxyl groups excluding tert-OH is 1. The highest BCUT2D eigenvalue weighted by Crippen LogP contribution is 2.11. The Balaban J connectivity index is 2.72. The molecule has 1 rings (SSSR count).